The van der Waals surface area contributed by atoms with E-state index in [1.165, 1.54) is 43.4 Å². The Kier molecular flexibility index (Phi) is 4.11. The summed E-state index contributed by atoms with van der Waals surface area (Å²) in [7, 11) is 0. The Morgan fingerprint density at radius 2 is 2.20 bits per heavy atom. The standard InChI is InChI=1S/C14H17N3O2S/c18-12(9-10-5-2-1-3-6-10)15-14-17-16-13(20-14)11-7-4-8-19-11/h4,7-8,10H,1-3,5-6,9H2,(H,15,17,18). The third-order valence-electron chi connectivity index (χ3n) is 3.60. The molecule has 5 nitrogen and oxygen atoms in total. The molecular formula is C14H17N3O2S. The summed E-state index contributed by atoms with van der Waals surface area (Å²) in [6.45, 7) is 0. The first-order valence-electron chi connectivity index (χ1n) is 6.98. The molecule has 3 rings (SSSR count). The van der Waals surface area contributed by atoms with E-state index in [9.17, 15) is 4.79 Å². The van der Waals surface area contributed by atoms with Gasteiger partial charge in [0.15, 0.2) is 10.8 Å². The SMILES string of the molecule is O=C(CC1CCCCC1)Nc1nnc(-c2ccco2)s1. The van der Waals surface area contributed by atoms with E-state index in [2.05, 4.69) is 15.5 Å². The zero-order chi connectivity index (χ0) is 13.8. The lowest BCUT2D eigenvalue weighted by Gasteiger charge is -2.20. The summed E-state index contributed by atoms with van der Waals surface area (Å²) < 4.78 is 5.25. The van der Waals surface area contributed by atoms with Crippen molar-refractivity contribution in [1.29, 1.82) is 0 Å². The normalized spacial score (nSPS) is 16.2. The van der Waals surface area contributed by atoms with Crippen molar-refractivity contribution < 1.29 is 9.21 Å². The van der Waals surface area contributed by atoms with Crippen LogP contribution in [0, 0.1) is 5.92 Å². The smallest absolute Gasteiger partial charge is 0.226 e. The van der Waals surface area contributed by atoms with Crippen molar-refractivity contribution in [2.75, 3.05) is 5.32 Å². The van der Waals surface area contributed by atoms with Gasteiger partial charge in [-0.3, -0.25) is 4.79 Å². The lowest BCUT2D eigenvalue weighted by Crippen LogP contribution is -2.18. The van der Waals surface area contributed by atoms with E-state index >= 15 is 0 Å². The third kappa shape index (κ3) is 3.25. The minimum atomic E-state index is 0.0408. The van der Waals surface area contributed by atoms with E-state index in [1.807, 2.05) is 6.07 Å². The van der Waals surface area contributed by atoms with Gasteiger partial charge in [0.2, 0.25) is 11.0 Å². The van der Waals surface area contributed by atoms with Gasteiger partial charge in [-0.15, -0.1) is 10.2 Å². The quantitative estimate of drug-likeness (QED) is 0.932. The first-order valence-corrected chi connectivity index (χ1v) is 7.80. The summed E-state index contributed by atoms with van der Waals surface area (Å²) >= 11 is 1.33. The predicted molar refractivity (Wildman–Crippen MR) is 77.4 cm³/mol. The Balaban J connectivity index is 1.56. The van der Waals surface area contributed by atoms with Crippen LogP contribution in [-0.4, -0.2) is 16.1 Å². The molecule has 20 heavy (non-hydrogen) atoms. The maximum Gasteiger partial charge on any atom is 0.226 e. The van der Waals surface area contributed by atoms with Crippen molar-refractivity contribution in [3.8, 4) is 10.8 Å². The number of nitrogens with one attached hydrogen (secondary N) is 1. The van der Waals surface area contributed by atoms with E-state index in [4.69, 9.17) is 4.42 Å². The molecule has 2 heterocycles. The van der Waals surface area contributed by atoms with Gasteiger partial charge in [-0.2, -0.15) is 0 Å². The van der Waals surface area contributed by atoms with Gasteiger partial charge in [-0.05, 0) is 30.9 Å². The molecule has 1 N–H and O–H groups in total. The van der Waals surface area contributed by atoms with Crippen LogP contribution in [0.3, 0.4) is 0 Å². The van der Waals surface area contributed by atoms with Crippen LogP contribution < -0.4 is 5.32 Å². The highest BCUT2D eigenvalue weighted by atomic mass is 32.1. The largest absolute Gasteiger partial charge is 0.462 e. The molecule has 0 aliphatic heterocycles. The minimum absolute atomic E-state index is 0.0408. The molecular weight excluding hydrogens is 274 g/mol. The van der Waals surface area contributed by atoms with Crippen molar-refractivity contribution in [2.45, 2.75) is 38.5 Å². The molecule has 0 saturated heterocycles. The number of hydrogen-bond donors (Lipinski definition) is 1. The highest BCUT2D eigenvalue weighted by molar-refractivity contribution is 7.18. The molecule has 1 amide bonds. The number of carbonyl (C=O) groups excluding carboxylic acids is 1. The van der Waals surface area contributed by atoms with Crippen LogP contribution in [0.25, 0.3) is 10.8 Å². The van der Waals surface area contributed by atoms with Crippen LogP contribution in [0.5, 0.6) is 0 Å². The molecule has 0 unspecified atom stereocenters. The number of amides is 1. The van der Waals surface area contributed by atoms with Crippen molar-refractivity contribution in [3.63, 3.8) is 0 Å². The fourth-order valence-corrected chi connectivity index (χ4v) is 3.33. The third-order valence-corrected chi connectivity index (χ3v) is 4.46. The van der Waals surface area contributed by atoms with E-state index in [0.29, 0.717) is 28.2 Å². The summed E-state index contributed by atoms with van der Waals surface area (Å²) in [6, 6.07) is 3.63. The van der Waals surface area contributed by atoms with Gasteiger partial charge < -0.3 is 9.73 Å². The number of rotatable bonds is 4. The van der Waals surface area contributed by atoms with Gasteiger partial charge in [0, 0.05) is 6.42 Å². The van der Waals surface area contributed by atoms with E-state index in [1.54, 1.807) is 12.3 Å². The molecule has 6 heteroatoms. The van der Waals surface area contributed by atoms with Crippen molar-refractivity contribution in [2.24, 2.45) is 5.92 Å². The number of carbonyl (C=O) groups is 1. The van der Waals surface area contributed by atoms with E-state index < -0.39 is 0 Å². The molecule has 0 spiro atoms. The van der Waals surface area contributed by atoms with Crippen LogP contribution in [0.1, 0.15) is 38.5 Å². The van der Waals surface area contributed by atoms with Gasteiger partial charge >= 0.3 is 0 Å². The fraction of sp³-hybridized carbons (Fsp3) is 0.500. The lowest BCUT2D eigenvalue weighted by molar-refractivity contribution is -0.117. The van der Waals surface area contributed by atoms with Crippen molar-refractivity contribution in [3.05, 3.63) is 18.4 Å². The maximum absolute atomic E-state index is 12.0. The zero-order valence-electron chi connectivity index (χ0n) is 11.2. The zero-order valence-corrected chi connectivity index (χ0v) is 12.0. The second-order valence-electron chi connectivity index (χ2n) is 5.15. The second kappa shape index (κ2) is 6.17. The first kappa shape index (κ1) is 13.3. The van der Waals surface area contributed by atoms with Crippen LogP contribution >= 0.6 is 11.3 Å². The average molecular weight is 291 g/mol. The molecule has 0 atom stereocenters. The number of hydrogen-bond acceptors (Lipinski definition) is 5. The number of aromatic nitrogens is 2. The summed E-state index contributed by atoms with van der Waals surface area (Å²) in [6.07, 6.45) is 8.33. The Labute approximate surface area is 121 Å². The van der Waals surface area contributed by atoms with Crippen LogP contribution in [0.15, 0.2) is 22.8 Å². The van der Waals surface area contributed by atoms with Gasteiger partial charge in [0.05, 0.1) is 6.26 Å². The fourth-order valence-electron chi connectivity index (χ4n) is 2.60. The minimum Gasteiger partial charge on any atom is -0.462 e. The Bertz CT molecular complexity index is 559. The van der Waals surface area contributed by atoms with E-state index in [0.717, 1.165) is 0 Å². The van der Waals surface area contributed by atoms with Crippen LogP contribution in [0.4, 0.5) is 5.13 Å². The van der Waals surface area contributed by atoms with Crippen molar-refractivity contribution in [1.82, 2.24) is 10.2 Å². The van der Waals surface area contributed by atoms with E-state index in [-0.39, 0.29) is 5.91 Å². The van der Waals surface area contributed by atoms with Gasteiger partial charge in [-0.1, -0.05) is 30.6 Å². The highest BCUT2D eigenvalue weighted by Gasteiger charge is 2.18. The first-order chi connectivity index (χ1) is 9.81. The van der Waals surface area contributed by atoms with Crippen LogP contribution in [0.2, 0.25) is 0 Å². The molecule has 0 aromatic carbocycles. The van der Waals surface area contributed by atoms with Gasteiger partial charge in [-0.25, -0.2) is 0 Å². The topological polar surface area (TPSA) is 68.0 Å². The van der Waals surface area contributed by atoms with Crippen molar-refractivity contribution >= 4 is 22.4 Å². The summed E-state index contributed by atoms with van der Waals surface area (Å²) in [5.74, 6) is 1.25. The summed E-state index contributed by atoms with van der Waals surface area (Å²) in [4.78, 5) is 12.0. The van der Waals surface area contributed by atoms with Crippen LogP contribution in [-0.2, 0) is 4.79 Å². The molecule has 2 aromatic rings. The Morgan fingerprint density at radius 1 is 1.35 bits per heavy atom. The number of anilines is 1. The molecule has 1 fully saturated rings. The molecule has 1 aliphatic carbocycles. The molecule has 106 valence electrons. The Hall–Kier alpha value is -1.69. The predicted octanol–water partition coefficient (Wildman–Crippen LogP) is 3.71. The molecule has 0 radical (unpaired) electrons. The molecule has 0 bridgehead atoms. The monoisotopic (exact) mass is 291 g/mol. The Morgan fingerprint density at radius 3 is 2.95 bits per heavy atom. The lowest BCUT2D eigenvalue weighted by atomic mass is 9.87. The summed E-state index contributed by atoms with van der Waals surface area (Å²) in [5.41, 5.74) is 0. The summed E-state index contributed by atoms with van der Waals surface area (Å²) in [5, 5.41) is 12.1. The molecule has 1 saturated carbocycles. The molecule has 1 aliphatic rings. The van der Waals surface area contributed by atoms with Gasteiger partial charge in [0.25, 0.3) is 0 Å². The van der Waals surface area contributed by atoms with Gasteiger partial charge in [0.1, 0.15) is 0 Å². The number of furan rings is 1. The average Bonchev–Trinajstić information content (AvgIpc) is 3.10. The number of nitrogens with zero attached hydrogens (tertiary/aromatic N) is 2. The highest BCUT2D eigenvalue weighted by Crippen LogP contribution is 2.28. The maximum atomic E-state index is 12.0. The molecule has 2 aromatic heterocycles. The second-order valence-corrected chi connectivity index (χ2v) is 6.12.